The van der Waals surface area contributed by atoms with Crippen molar-refractivity contribution in [3.05, 3.63) is 35.9 Å². The summed E-state index contributed by atoms with van der Waals surface area (Å²) in [5, 5.41) is 0. The number of esters is 2. The second-order valence-electron chi connectivity index (χ2n) is 9.02. The van der Waals surface area contributed by atoms with Gasteiger partial charge in [-0.2, -0.15) is 0 Å². The van der Waals surface area contributed by atoms with Crippen LogP contribution in [0.25, 0.3) is 0 Å². The Balaban J connectivity index is 3.47. The SMILES string of the molecule is CC[C@H](CC(=O)OC)[C@@H](N=C(c1ccccc1)C(C)(C)C)C(=O)OC(C)(C)C. The molecule has 1 aromatic carbocycles. The molecule has 5 heteroatoms. The molecule has 0 spiro atoms. The van der Waals surface area contributed by atoms with Gasteiger partial charge in [-0.1, -0.05) is 64.4 Å². The van der Waals surface area contributed by atoms with E-state index in [1.54, 1.807) is 0 Å². The monoisotopic (exact) mass is 389 g/mol. The number of carbonyl (C=O) groups excluding carboxylic acids is 2. The average Bonchev–Trinajstić information content (AvgIpc) is 2.58. The Kier molecular flexibility index (Phi) is 8.40. The molecule has 5 nitrogen and oxygen atoms in total. The molecule has 0 aromatic heterocycles. The number of hydrogen-bond acceptors (Lipinski definition) is 5. The zero-order valence-electron chi connectivity index (χ0n) is 18.5. The lowest BCUT2D eigenvalue weighted by molar-refractivity contribution is -0.158. The molecule has 0 aliphatic carbocycles. The molecule has 0 unspecified atom stereocenters. The summed E-state index contributed by atoms with van der Waals surface area (Å²) in [4.78, 5) is 29.9. The van der Waals surface area contributed by atoms with Gasteiger partial charge in [-0.05, 0) is 26.3 Å². The van der Waals surface area contributed by atoms with Crippen molar-refractivity contribution < 1.29 is 19.1 Å². The first kappa shape index (κ1) is 23.9. The van der Waals surface area contributed by atoms with E-state index in [4.69, 9.17) is 14.5 Å². The zero-order chi connectivity index (χ0) is 21.5. The van der Waals surface area contributed by atoms with E-state index in [0.717, 1.165) is 11.3 Å². The van der Waals surface area contributed by atoms with Crippen LogP contribution in [0.3, 0.4) is 0 Å². The molecule has 1 rings (SSSR count). The minimum absolute atomic E-state index is 0.118. The lowest BCUT2D eigenvalue weighted by Crippen LogP contribution is -2.38. The molecule has 0 bridgehead atoms. The summed E-state index contributed by atoms with van der Waals surface area (Å²) in [6, 6.07) is 9.03. The molecular formula is C23H35NO4. The molecule has 2 atom stereocenters. The number of methoxy groups -OCH3 is 1. The molecule has 156 valence electrons. The number of nitrogens with zero attached hydrogens (tertiary/aromatic N) is 1. The van der Waals surface area contributed by atoms with Gasteiger partial charge < -0.3 is 9.47 Å². The predicted molar refractivity (Wildman–Crippen MR) is 112 cm³/mol. The third-order valence-electron chi connectivity index (χ3n) is 4.30. The summed E-state index contributed by atoms with van der Waals surface area (Å²) in [6.07, 6.45) is 0.724. The van der Waals surface area contributed by atoms with Crippen molar-refractivity contribution in [3.8, 4) is 0 Å². The van der Waals surface area contributed by atoms with Gasteiger partial charge in [0.05, 0.1) is 13.5 Å². The summed E-state index contributed by atoms with van der Waals surface area (Å²) in [7, 11) is 1.35. The second kappa shape index (κ2) is 9.85. The van der Waals surface area contributed by atoms with Crippen molar-refractivity contribution in [1.29, 1.82) is 0 Å². The van der Waals surface area contributed by atoms with Crippen LogP contribution in [0.15, 0.2) is 35.3 Å². The standard InChI is InChI=1S/C23H35NO4/c1-9-16(15-18(25)27-8)19(21(26)28-23(5,6)7)24-20(22(2,3)4)17-13-11-10-12-14-17/h10-14,16,19H,9,15H2,1-8H3/t16-,19-/m1/s1. The molecule has 0 saturated heterocycles. The summed E-state index contributed by atoms with van der Waals surface area (Å²) >= 11 is 0. The van der Waals surface area contributed by atoms with Crippen molar-refractivity contribution in [1.82, 2.24) is 0 Å². The molecule has 0 aliphatic rings. The molecule has 0 saturated carbocycles. The smallest absolute Gasteiger partial charge is 0.331 e. The first-order valence-corrected chi connectivity index (χ1v) is 9.82. The van der Waals surface area contributed by atoms with Gasteiger partial charge in [0.25, 0.3) is 0 Å². The molecule has 0 fully saturated rings. The van der Waals surface area contributed by atoms with Crippen LogP contribution in [-0.2, 0) is 19.1 Å². The van der Waals surface area contributed by atoms with Crippen LogP contribution < -0.4 is 0 Å². The largest absolute Gasteiger partial charge is 0.469 e. The lowest BCUT2D eigenvalue weighted by Gasteiger charge is -2.29. The minimum atomic E-state index is -0.780. The van der Waals surface area contributed by atoms with E-state index in [0.29, 0.717) is 6.42 Å². The maximum atomic E-state index is 13.0. The van der Waals surface area contributed by atoms with E-state index >= 15 is 0 Å². The molecule has 0 aliphatic heterocycles. The van der Waals surface area contributed by atoms with E-state index in [9.17, 15) is 9.59 Å². The maximum Gasteiger partial charge on any atom is 0.331 e. The highest BCUT2D eigenvalue weighted by molar-refractivity contribution is 6.05. The number of carbonyl (C=O) groups is 2. The highest BCUT2D eigenvalue weighted by Crippen LogP contribution is 2.27. The Hall–Kier alpha value is -2.17. The van der Waals surface area contributed by atoms with E-state index in [1.807, 2.05) is 58.0 Å². The Morgan fingerprint density at radius 1 is 1.04 bits per heavy atom. The topological polar surface area (TPSA) is 65.0 Å². The normalized spacial score (nSPS) is 14.9. The number of rotatable bonds is 7. The summed E-state index contributed by atoms with van der Waals surface area (Å²) in [5.41, 5.74) is 0.845. The number of benzene rings is 1. The van der Waals surface area contributed by atoms with E-state index < -0.39 is 17.6 Å². The molecule has 0 radical (unpaired) electrons. The van der Waals surface area contributed by atoms with Crippen LogP contribution in [0.2, 0.25) is 0 Å². The fourth-order valence-electron chi connectivity index (χ4n) is 2.93. The van der Waals surface area contributed by atoms with Crippen molar-refractivity contribution in [2.75, 3.05) is 7.11 Å². The van der Waals surface area contributed by atoms with Crippen molar-refractivity contribution in [2.24, 2.45) is 16.3 Å². The zero-order valence-corrected chi connectivity index (χ0v) is 18.5. The Bertz CT molecular complexity index is 681. The summed E-state index contributed by atoms with van der Waals surface area (Å²) in [5.74, 6) is -1.07. The van der Waals surface area contributed by atoms with Gasteiger partial charge in [-0.3, -0.25) is 9.79 Å². The average molecular weight is 390 g/mol. The third-order valence-corrected chi connectivity index (χ3v) is 4.30. The van der Waals surface area contributed by atoms with Crippen molar-refractivity contribution >= 4 is 17.7 Å². The van der Waals surface area contributed by atoms with Crippen molar-refractivity contribution in [2.45, 2.75) is 73.0 Å². The van der Waals surface area contributed by atoms with Crippen LogP contribution in [0.5, 0.6) is 0 Å². The fraction of sp³-hybridized carbons (Fsp3) is 0.609. The number of aliphatic imine (C=N–C) groups is 1. The van der Waals surface area contributed by atoms with Gasteiger partial charge in [0.2, 0.25) is 0 Å². The van der Waals surface area contributed by atoms with E-state index in [2.05, 4.69) is 20.8 Å². The van der Waals surface area contributed by atoms with Gasteiger partial charge in [0, 0.05) is 17.0 Å². The molecule has 0 amide bonds. The predicted octanol–water partition coefficient (Wildman–Crippen LogP) is 4.82. The maximum absolute atomic E-state index is 13.0. The van der Waals surface area contributed by atoms with Gasteiger partial charge in [-0.25, -0.2) is 4.79 Å². The van der Waals surface area contributed by atoms with Crippen molar-refractivity contribution in [3.63, 3.8) is 0 Å². The van der Waals surface area contributed by atoms with E-state index in [1.165, 1.54) is 7.11 Å². The molecule has 28 heavy (non-hydrogen) atoms. The van der Waals surface area contributed by atoms with Crippen LogP contribution in [0.4, 0.5) is 0 Å². The highest BCUT2D eigenvalue weighted by atomic mass is 16.6. The van der Waals surface area contributed by atoms with Gasteiger partial charge in [0.1, 0.15) is 5.60 Å². The molecule has 0 N–H and O–H groups in total. The minimum Gasteiger partial charge on any atom is -0.469 e. The summed E-state index contributed by atoms with van der Waals surface area (Å²) in [6.45, 7) is 13.6. The van der Waals surface area contributed by atoms with Crippen LogP contribution >= 0.6 is 0 Å². The lowest BCUT2D eigenvalue weighted by atomic mass is 9.84. The van der Waals surface area contributed by atoms with Crippen LogP contribution in [-0.4, -0.2) is 36.4 Å². The van der Waals surface area contributed by atoms with Gasteiger partial charge in [-0.15, -0.1) is 0 Å². The molecular weight excluding hydrogens is 354 g/mol. The Morgan fingerprint density at radius 2 is 1.61 bits per heavy atom. The Morgan fingerprint density at radius 3 is 2.04 bits per heavy atom. The number of ether oxygens (including phenoxy) is 2. The Labute approximate surface area is 169 Å². The third kappa shape index (κ3) is 7.45. The van der Waals surface area contributed by atoms with Gasteiger partial charge >= 0.3 is 11.9 Å². The van der Waals surface area contributed by atoms with Crippen LogP contribution in [0, 0.1) is 11.3 Å². The quantitative estimate of drug-likeness (QED) is 0.495. The molecule has 0 heterocycles. The fourth-order valence-corrected chi connectivity index (χ4v) is 2.93. The summed E-state index contributed by atoms with van der Waals surface area (Å²) < 4.78 is 10.5. The highest BCUT2D eigenvalue weighted by Gasteiger charge is 2.34. The van der Waals surface area contributed by atoms with Gasteiger partial charge in [0.15, 0.2) is 6.04 Å². The first-order chi connectivity index (χ1) is 12.9. The molecule has 1 aromatic rings. The first-order valence-electron chi connectivity index (χ1n) is 9.82. The van der Waals surface area contributed by atoms with E-state index in [-0.39, 0.29) is 23.7 Å². The second-order valence-corrected chi connectivity index (χ2v) is 9.02. The number of hydrogen-bond donors (Lipinski definition) is 0. The van der Waals surface area contributed by atoms with Crippen LogP contribution in [0.1, 0.15) is 66.9 Å².